The molecule has 0 saturated carbocycles. The molecule has 3 rings (SSSR count). The van der Waals surface area contributed by atoms with Crippen LogP contribution in [0, 0.1) is 10.6 Å². The first kappa shape index (κ1) is 16.2. The van der Waals surface area contributed by atoms with Crippen LogP contribution in [0.1, 0.15) is 0 Å². The first-order chi connectivity index (χ1) is 11.4. The van der Waals surface area contributed by atoms with Gasteiger partial charge in [0.25, 0.3) is 0 Å². The van der Waals surface area contributed by atoms with E-state index in [0.29, 0.717) is 22.4 Å². The van der Waals surface area contributed by atoms with Crippen LogP contribution in [0.3, 0.4) is 0 Å². The molecule has 0 radical (unpaired) electrons. The highest BCUT2D eigenvalue weighted by molar-refractivity contribution is 7.86. The van der Waals surface area contributed by atoms with Crippen molar-refractivity contribution in [3.8, 4) is 17.2 Å². The van der Waals surface area contributed by atoms with Gasteiger partial charge in [0.15, 0.2) is 21.6 Å². The normalized spacial score (nSPS) is 13.5. The Morgan fingerprint density at radius 3 is 2.62 bits per heavy atom. The lowest BCUT2D eigenvalue weighted by atomic mass is 10.2. The summed E-state index contributed by atoms with van der Waals surface area (Å²) in [6, 6.07) is 10.00. The van der Waals surface area contributed by atoms with E-state index < -0.39 is 15.8 Å². The van der Waals surface area contributed by atoms with Gasteiger partial charge in [-0.2, -0.15) is 0 Å². The van der Waals surface area contributed by atoms with Crippen molar-refractivity contribution in [1.29, 1.82) is 4.78 Å². The van der Waals surface area contributed by atoms with Gasteiger partial charge in [-0.1, -0.05) is 0 Å². The zero-order valence-electron chi connectivity index (χ0n) is 12.5. The molecule has 0 aliphatic rings. The molecular weight excluding hydrogens is 335 g/mol. The minimum Gasteiger partial charge on any atom is -0.497 e. The zero-order chi connectivity index (χ0) is 17.3. The number of methoxy groups -OCH3 is 1. The van der Waals surface area contributed by atoms with Gasteiger partial charge in [-0.05, 0) is 36.4 Å². The standard InChI is InChI=1S/C16H13FN2O4S/c1-22-10-2-4-12-14(8-10)19-7-6-15(12)23-16-5-3-11(9-13(16)17)24(18,20)21/h2-9H,1H3,(H2,18,20,21). The molecule has 3 aromatic rings. The topological polar surface area (TPSA) is 92.5 Å². The molecule has 1 heterocycles. The number of pyridine rings is 1. The summed E-state index contributed by atoms with van der Waals surface area (Å²) >= 11 is 0. The fourth-order valence-electron chi connectivity index (χ4n) is 2.17. The van der Waals surface area contributed by atoms with Gasteiger partial charge in [-0.15, -0.1) is 0 Å². The fraction of sp³-hybridized carbons (Fsp3) is 0.0625. The molecular formula is C16H13FN2O4S. The van der Waals surface area contributed by atoms with E-state index in [1.54, 1.807) is 31.4 Å². The molecule has 2 aromatic carbocycles. The average Bonchev–Trinajstić information content (AvgIpc) is 2.55. The maximum Gasteiger partial charge on any atom is 0.188 e. The van der Waals surface area contributed by atoms with Gasteiger partial charge < -0.3 is 9.47 Å². The second-order valence-corrected chi connectivity index (χ2v) is 6.44. The second kappa shape index (κ2) is 6.06. The van der Waals surface area contributed by atoms with Crippen molar-refractivity contribution in [2.75, 3.05) is 7.11 Å². The highest BCUT2D eigenvalue weighted by Gasteiger charge is 2.13. The lowest BCUT2D eigenvalue weighted by Crippen LogP contribution is -1.98. The lowest BCUT2D eigenvalue weighted by Gasteiger charge is -2.11. The predicted molar refractivity (Wildman–Crippen MR) is 86.5 cm³/mol. The van der Waals surface area contributed by atoms with Crippen LogP contribution in [-0.2, 0) is 10.0 Å². The van der Waals surface area contributed by atoms with E-state index in [-0.39, 0.29) is 10.6 Å². The predicted octanol–water partition coefficient (Wildman–Crippen LogP) is 4.05. The molecule has 0 fully saturated rings. The minimum absolute atomic E-state index is 0.120. The number of rotatable bonds is 4. The monoisotopic (exact) mass is 348 g/mol. The molecule has 24 heavy (non-hydrogen) atoms. The van der Waals surface area contributed by atoms with E-state index >= 15 is 0 Å². The summed E-state index contributed by atoms with van der Waals surface area (Å²) in [6.45, 7) is 0. The molecule has 1 unspecified atom stereocenters. The van der Waals surface area contributed by atoms with Crippen LogP contribution in [0.15, 0.2) is 53.6 Å². The Morgan fingerprint density at radius 2 is 1.96 bits per heavy atom. The van der Waals surface area contributed by atoms with Crippen LogP contribution >= 0.6 is 0 Å². The van der Waals surface area contributed by atoms with Gasteiger partial charge in [0.2, 0.25) is 0 Å². The highest BCUT2D eigenvalue weighted by Crippen LogP contribution is 2.32. The van der Waals surface area contributed by atoms with Crippen LogP contribution < -0.4 is 9.47 Å². The molecule has 0 aliphatic heterocycles. The smallest absolute Gasteiger partial charge is 0.188 e. The van der Waals surface area contributed by atoms with Crippen LogP contribution in [0.25, 0.3) is 10.9 Å². The SMILES string of the molecule is COc1ccc2c(Oc3ccc(S(=N)(=O)O)cc3F)ccnc2c1. The number of hydrogen-bond donors (Lipinski definition) is 2. The Morgan fingerprint density at radius 1 is 1.17 bits per heavy atom. The molecule has 0 saturated heterocycles. The minimum atomic E-state index is -3.98. The van der Waals surface area contributed by atoms with Crippen LogP contribution in [0.4, 0.5) is 4.39 Å². The lowest BCUT2D eigenvalue weighted by molar-refractivity contribution is 0.415. The summed E-state index contributed by atoms with van der Waals surface area (Å²) in [6.07, 6.45) is 1.52. The van der Waals surface area contributed by atoms with Crippen molar-refractivity contribution in [2.24, 2.45) is 0 Å². The Kier molecular flexibility index (Phi) is 4.08. The van der Waals surface area contributed by atoms with Gasteiger partial charge in [-0.25, -0.2) is 13.4 Å². The highest BCUT2D eigenvalue weighted by atomic mass is 32.2. The summed E-state index contributed by atoms with van der Waals surface area (Å²) in [5.74, 6) is 0.0615. The van der Waals surface area contributed by atoms with Gasteiger partial charge in [0.1, 0.15) is 11.5 Å². The summed E-state index contributed by atoms with van der Waals surface area (Å²) in [7, 11) is -2.43. The molecule has 0 amide bonds. The average molecular weight is 348 g/mol. The number of nitrogens with zero attached hydrogens (tertiary/aromatic N) is 1. The molecule has 0 aliphatic carbocycles. The van der Waals surface area contributed by atoms with Crippen molar-refractivity contribution in [2.45, 2.75) is 4.90 Å². The number of hydrogen-bond acceptors (Lipinski definition) is 5. The van der Waals surface area contributed by atoms with E-state index in [9.17, 15) is 8.60 Å². The second-order valence-electron chi connectivity index (χ2n) is 4.91. The number of aromatic nitrogens is 1. The summed E-state index contributed by atoms with van der Waals surface area (Å²) in [5, 5.41) is 0.660. The Balaban J connectivity index is 2.01. The van der Waals surface area contributed by atoms with E-state index in [1.165, 1.54) is 18.3 Å². The first-order valence-electron chi connectivity index (χ1n) is 6.80. The third-order valence-electron chi connectivity index (χ3n) is 3.35. The molecule has 0 spiro atoms. The molecule has 6 nitrogen and oxygen atoms in total. The van der Waals surface area contributed by atoms with Crippen molar-refractivity contribution < 1.29 is 22.6 Å². The van der Waals surface area contributed by atoms with E-state index in [4.69, 9.17) is 18.8 Å². The summed E-state index contributed by atoms with van der Waals surface area (Å²) in [5.41, 5.74) is 0.619. The van der Waals surface area contributed by atoms with Crippen molar-refractivity contribution in [3.05, 3.63) is 54.5 Å². The van der Waals surface area contributed by atoms with Crippen molar-refractivity contribution >= 4 is 20.9 Å². The quantitative estimate of drug-likeness (QED) is 0.742. The number of halogens is 1. The maximum atomic E-state index is 14.1. The number of ether oxygens (including phenoxy) is 2. The zero-order valence-corrected chi connectivity index (χ0v) is 13.3. The Labute approximate surface area is 137 Å². The van der Waals surface area contributed by atoms with E-state index in [2.05, 4.69) is 4.98 Å². The number of nitrogens with one attached hydrogen (secondary N) is 1. The largest absolute Gasteiger partial charge is 0.497 e. The maximum absolute atomic E-state index is 14.1. The third kappa shape index (κ3) is 3.15. The van der Waals surface area contributed by atoms with Gasteiger partial charge in [0, 0.05) is 17.6 Å². The van der Waals surface area contributed by atoms with Crippen LogP contribution in [-0.4, -0.2) is 20.9 Å². The van der Waals surface area contributed by atoms with Gasteiger partial charge in [0.05, 0.1) is 17.5 Å². The van der Waals surface area contributed by atoms with Gasteiger partial charge in [-0.3, -0.25) is 9.54 Å². The summed E-state index contributed by atoms with van der Waals surface area (Å²) in [4.78, 5) is 3.89. The van der Waals surface area contributed by atoms with Gasteiger partial charge >= 0.3 is 0 Å². The molecule has 124 valence electrons. The first-order valence-corrected chi connectivity index (χ1v) is 8.31. The Hall–Kier alpha value is -2.71. The Bertz CT molecular complexity index is 1020. The molecule has 8 heteroatoms. The van der Waals surface area contributed by atoms with Crippen LogP contribution in [0.5, 0.6) is 17.2 Å². The number of fused-ring (bicyclic) bond motifs is 1. The van der Waals surface area contributed by atoms with E-state index in [1.807, 2.05) is 0 Å². The van der Waals surface area contributed by atoms with Crippen LogP contribution in [0.2, 0.25) is 0 Å². The molecule has 1 aromatic heterocycles. The number of benzene rings is 2. The fourth-order valence-corrected chi connectivity index (χ4v) is 2.69. The molecule has 0 bridgehead atoms. The third-order valence-corrected chi connectivity index (χ3v) is 4.25. The molecule has 2 N–H and O–H groups in total. The summed E-state index contributed by atoms with van der Waals surface area (Å²) < 4.78 is 52.3. The van der Waals surface area contributed by atoms with Crippen molar-refractivity contribution in [1.82, 2.24) is 4.98 Å². The van der Waals surface area contributed by atoms with Crippen molar-refractivity contribution in [3.63, 3.8) is 0 Å². The molecule has 1 atom stereocenters. The van der Waals surface area contributed by atoms with E-state index in [0.717, 1.165) is 6.07 Å².